The van der Waals surface area contributed by atoms with Gasteiger partial charge in [-0.2, -0.15) is 0 Å². The predicted molar refractivity (Wildman–Crippen MR) is 88.9 cm³/mol. The fourth-order valence-electron chi connectivity index (χ4n) is 2.79. The Balaban J connectivity index is 1.68. The Labute approximate surface area is 138 Å². The number of hydrogen-bond acceptors (Lipinski definition) is 5. The lowest BCUT2D eigenvalue weighted by Crippen LogP contribution is -2.30. The van der Waals surface area contributed by atoms with E-state index in [2.05, 4.69) is 10.6 Å². The Hall–Kier alpha value is -2.12. The predicted octanol–water partition coefficient (Wildman–Crippen LogP) is 2.27. The molecule has 122 valence electrons. The summed E-state index contributed by atoms with van der Waals surface area (Å²) in [5, 5.41) is 8.29. The van der Waals surface area contributed by atoms with Crippen LogP contribution in [0.5, 0.6) is 0 Å². The second-order valence-electron chi connectivity index (χ2n) is 5.56. The molecule has 1 aliphatic rings. The highest BCUT2D eigenvalue weighted by Crippen LogP contribution is 2.27. The van der Waals surface area contributed by atoms with Gasteiger partial charge in [0.25, 0.3) is 11.8 Å². The number of amides is 2. The van der Waals surface area contributed by atoms with Crippen molar-refractivity contribution in [2.75, 3.05) is 32.0 Å². The molecule has 0 saturated carbocycles. The van der Waals surface area contributed by atoms with Crippen molar-refractivity contribution in [1.29, 1.82) is 0 Å². The Morgan fingerprint density at radius 2 is 2.30 bits per heavy atom. The molecule has 2 aromatic rings. The second-order valence-corrected chi connectivity index (χ2v) is 6.47. The monoisotopic (exact) mass is 333 g/mol. The van der Waals surface area contributed by atoms with E-state index in [0.717, 1.165) is 26.1 Å². The van der Waals surface area contributed by atoms with E-state index in [0.29, 0.717) is 16.5 Å². The number of carbonyl (C=O) groups is 2. The number of nitrogens with zero attached hydrogens (tertiary/aromatic N) is 1. The van der Waals surface area contributed by atoms with Crippen LogP contribution in [0.1, 0.15) is 27.3 Å². The van der Waals surface area contributed by atoms with Crippen LogP contribution in [-0.4, -0.2) is 43.4 Å². The molecule has 3 heterocycles. The van der Waals surface area contributed by atoms with Crippen LogP contribution in [0.15, 0.2) is 34.3 Å². The molecular weight excluding hydrogens is 314 g/mol. The number of carbonyl (C=O) groups excluding carboxylic acids is 2. The van der Waals surface area contributed by atoms with E-state index in [4.69, 9.17) is 4.42 Å². The largest absolute Gasteiger partial charge is 0.459 e. The van der Waals surface area contributed by atoms with Gasteiger partial charge < -0.3 is 20.0 Å². The Bertz CT molecular complexity index is 681. The molecule has 1 saturated heterocycles. The van der Waals surface area contributed by atoms with E-state index >= 15 is 0 Å². The van der Waals surface area contributed by atoms with Crippen molar-refractivity contribution in [2.45, 2.75) is 6.42 Å². The van der Waals surface area contributed by atoms with Gasteiger partial charge in [-0.3, -0.25) is 9.59 Å². The van der Waals surface area contributed by atoms with Crippen LogP contribution in [-0.2, 0) is 0 Å². The molecular formula is C16H19N3O3S. The Morgan fingerprint density at radius 3 is 3.04 bits per heavy atom. The smallest absolute Gasteiger partial charge is 0.291 e. The minimum atomic E-state index is -0.346. The average molecular weight is 333 g/mol. The van der Waals surface area contributed by atoms with Gasteiger partial charge in [0, 0.05) is 13.1 Å². The van der Waals surface area contributed by atoms with Crippen LogP contribution in [0.25, 0.3) is 0 Å². The second kappa shape index (κ2) is 6.97. The molecule has 0 spiro atoms. The summed E-state index contributed by atoms with van der Waals surface area (Å²) in [6.45, 7) is 2.42. The van der Waals surface area contributed by atoms with Gasteiger partial charge in [-0.15, -0.1) is 11.3 Å². The molecule has 6 nitrogen and oxygen atoms in total. The van der Waals surface area contributed by atoms with Crippen LogP contribution < -0.4 is 10.6 Å². The van der Waals surface area contributed by atoms with Crippen LogP contribution in [0.4, 0.5) is 5.00 Å². The molecule has 2 aromatic heterocycles. The summed E-state index contributed by atoms with van der Waals surface area (Å²) in [6, 6.07) is 5.00. The number of anilines is 1. The van der Waals surface area contributed by atoms with Crippen molar-refractivity contribution in [1.82, 2.24) is 10.2 Å². The number of thiophene rings is 1. The van der Waals surface area contributed by atoms with Crippen molar-refractivity contribution in [3.8, 4) is 0 Å². The molecule has 2 amide bonds. The zero-order valence-electron chi connectivity index (χ0n) is 12.9. The van der Waals surface area contributed by atoms with Gasteiger partial charge in [-0.1, -0.05) is 0 Å². The summed E-state index contributed by atoms with van der Waals surface area (Å²) in [7, 11) is 1.92. The molecule has 23 heavy (non-hydrogen) atoms. The van der Waals surface area contributed by atoms with E-state index in [1.807, 2.05) is 17.3 Å². The molecule has 1 atom stereocenters. The molecule has 1 aliphatic heterocycles. The Morgan fingerprint density at radius 1 is 1.43 bits per heavy atom. The minimum Gasteiger partial charge on any atom is -0.459 e. The third-order valence-electron chi connectivity index (χ3n) is 3.93. The maximum atomic E-state index is 12.7. The summed E-state index contributed by atoms with van der Waals surface area (Å²) in [5.74, 6) is 0.344. The molecule has 2 N–H and O–H groups in total. The van der Waals surface area contributed by atoms with Gasteiger partial charge in [0.15, 0.2) is 5.76 Å². The Kier molecular flexibility index (Phi) is 4.78. The third-order valence-corrected chi connectivity index (χ3v) is 4.76. The number of hydrogen-bond donors (Lipinski definition) is 2. The summed E-state index contributed by atoms with van der Waals surface area (Å²) in [6.07, 6.45) is 2.45. The lowest BCUT2D eigenvalue weighted by Gasteiger charge is -2.17. The van der Waals surface area contributed by atoms with E-state index in [1.165, 1.54) is 17.6 Å². The molecule has 1 fully saturated rings. The van der Waals surface area contributed by atoms with Gasteiger partial charge in [-0.05, 0) is 49.5 Å². The van der Waals surface area contributed by atoms with E-state index in [-0.39, 0.29) is 17.6 Å². The first kappa shape index (κ1) is 15.8. The van der Waals surface area contributed by atoms with E-state index in [9.17, 15) is 9.59 Å². The maximum Gasteiger partial charge on any atom is 0.291 e. The zero-order valence-corrected chi connectivity index (χ0v) is 13.7. The van der Waals surface area contributed by atoms with Crippen LogP contribution in [0, 0.1) is 5.92 Å². The quantitative estimate of drug-likeness (QED) is 0.880. The first-order valence-electron chi connectivity index (χ1n) is 7.55. The molecule has 7 heteroatoms. The average Bonchev–Trinajstić information content (AvgIpc) is 3.28. The number of likely N-dealkylation sites (tertiary alicyclic amines) is 1. The summed E-state index contributed by atoms with van der Waals surface area (Å²) < 4.78 is 5.08. The number of nitrogens with one attached hydrogen (secondary N) is 2. The van der Waals surface area contributed by atoms with E-state index in [1.54, 1.807) is 18.2 Å². The fourth-order valence-corrected chi connectivity index (χ4v) is 3.56. The maximum absolute atomic E-state index is 12.7. The van der Waals surface area contributed by atoms with Crippen LogP contribution in [0.2, 0.25) is 0 Å². The molecule has 0 bridgehead atoms. The van der Waals surface area contributed by atoms with Crippen molar-refractivity contribution in [2.24, 2.45) is 5.92 Å². The van der Waals surface area contributed by atoms with Gasteiger partial charge in [0.2, 0.25) is 0 Å². The number of rotatable bonds is 5. The van der Waals surface area contributed by atoms with Crippen LogP contribution in [0.3, 0.4) is 0 Å². The topological polar surface area (TPSA) is 74.6 Å². The fraction of sp³-hybridized carbons (Fsp3) is 0.375. The van der Waals surface area contributed by atoms with E-state index < -0.39 is 0 Å². The van der Waals surface area contributed by atoms with Gasteiger partial charge in [0.05, 0.1) is 11.8 Å². The first-order chi connectivity index (χ1) is 11.2. The van der Waals surface area contributed by atoms with Crippen molar-refractivity contribution in [3.05, 3.63) is 41.2 Å². The van der Waals surface area contributed by atoms with Crippen molar-refractivity contribution in [3.63, 3.8) is 0 Å². The lowest BCUT2D eigenvalue weighted by molar-refractivity contribution is 0.0788. The standard InChI is InChI=1S/C16H19N3O3S/c1-17-9-11-4-6-19(10-11)16(21)12-5-8-23-15(12)18-14(20)13-3-2-7-22-13/h2-3,5,7-8,11,17H,4,6,9-10H2,1H3,(H,18,20). The normalized spacial score (nSPS) is 17.4. The summed E-state index contributed by atoms with van der Waals surface area (Å²) >= 11 is 1.34. The lowest BCUT2D eigenvalue weighted by atomic mass is 10.1. The third kappa shape index (κ3) is 3.46. The molecule has 0 radical (unpaired) electrons. The molecule has 0 aliphatic carbocycles. The SMILES string of the molecule is CNCC1CCN(C(=O)c2ccsc2NC(=O)c2ccco2)C1. The minimum absolute atomic E-state index is 0.0282. The summed E-state index contributed by atoms with van der Waals surface area (Å²) in [4.78, 5) is 26.6. The highest BCUT2D eigenvalue weighted by Gasteiger charge is 2.28. The van der Waals surface area contributed by atoms with Crippen molar-refractivity contribution < 1.29 is 14.0 Å². The van der Waals surface area contributed by atoms with Gasteiger partial charge in [0.1, 0.15) is 5.00 Å². The molecule has 0 aromatic carbocycles. The van der Waals surface area contributed by atoms with Gasteiger partial charge in [-0.25, -0.2) is 0 Å². The summed E-state index contributed by atoms with van der Waals surface area (Å²) in [5.41, 5.74) is 0.542. The highest BCUT2D eigenvalue weighted by molar-refractivity contribution is 7.14. The van der Waals surface area contributed by atoms with Crippen molar-refractivity contribution >= 4 is 28.2 Å². The molecule has 1 unspecified atom stereocenters. The first-order valence-corrected chi connectivity index (χ1v) is 8.43. The highest BCUT2D eigenvalue weighted by atomic mass is 32.1. The molecule has 3 rings (SSSR count). The zero-order chi connectivity index (χ0) is 16.2. The van der Waals surface area contributed by atoms with Crippen LogP contribution >= 0.6 is 11.3 Å². The van der Waals surface area contributed by atoms with Gasteiger partial charge >= 0.3 is 0 Å². The number of furan rings is 1.